The first-order valence-corrected chi connectivity index (χ1v) is 7.35. The summed E-state index contributed by atoms with van der Waals surface area (Å²) in [5.41, 5.74) is 2.38. The Kier molecular flexibility index (Phi) is 3.97. The number of hydrogen-bond acceptors (Lipinski definition) is 4. The van der Waals surface area contributed by atoms with Crippen molar-refractivity contribution in [2.24, 2.45) is 7.05 Å². The third-order valence-corrected chi connectivity index (χ3v) is 3.57. The van der Waals surface area contributed by atoms with Crippen molar-refractivity contribution in [3.8, 4) is 0 Å². The Hall–Kier alpha value is -2.91. The third kappa shape index (κ3) is 3.47. The van der Waals surface area contributed by atoms with Gasteiger partial charge in [0.2, 0.25) is 0 Å². The molecule has 0 aliphatic heterocycles. The van der Waals surface area contributed by atoms with Crippen molar-refractivity contribution < 1.29 is 18.0 Å². The second-order valence-corrected chi connectivity index (χ2v) is 5.71. The van der Waals surface area contributed by atoms with E-state index < -0.39 is 18.6 Å². The van der Waals surface area contributed by atoms with Crippen LogP contribution in [0.1, 0.15) is 21.7 Å². The highest BCUT2D eigenvalue weighted by atomic mass is 19.4. The van der Waals surface area contributed by atoms with Gasteiger partial charge in [-0.3, -0.25) is 14.2 Å². The van der Waals surface area contributed by atoms with Crippen molar-refractivity contribution in [3.63, 3.8) is 0 Å². The molecule has 3 aromatic rings. The van der Waals surface area contributed by atoms with Crippen LogP contribution in [0.15, 0.2) is 18.5 Å². The highest BCUT2D eigenvalue weighted by molar-refractivity contribution is 6.12. The highest BCUT2D eigenvalue weighted by Crippen LogP contribution is 2.23. The van der Waals surface area contributed by atoms with Crippen molar-refractivity contribution in [2.75, 3.05) is 5.32 Å². The summed E-state index contributed by atoms with van der Waals surface area (Å²) < 4.78 is 39.4. The fourth-order valence-electron chi connectivity index (χ4n) is 2.65. The van der Waals surface area contributed by atoms with Gasteiger partial charge in [0.1, 0.15) is 6.54 Å². The molecule has 0 aromatic carbocycles. The molecule has 0 bridgehead atoms. The first-order valence-electron chi connectivity index (χ1n) is 7.35. The maximum absolute atomic E-state index is 12.6. The molecule has 3 aromatic heterocycles. The minimum atomic E-state index is -4.38. The van der Waals surface area contributed by atoms with Gasteiger partial charge in [0.25, 0.3) is 5.91 Å². The number of aromatic nitrogens is 5. The molecule has 3 heterocycles. The summed E-state index contributed by atoms with van der Waals surface area (Å²) in [5, 5.41) is 11.0. The molecule has 7 nitrogen and oxygen atoms in total. The minimum Gasteiger partial charge on any atom is -0.319 e. The van der Waals surface area contributed by atoms with Gasteiger partial charge in [-0.15, -0.1) is 0 Å². The number of hydrogen-bond donors (Lipinski definition) is 1. The van der Waals surface area contributed by atoms with Gasteiger partial charge in [0, 0.05) is 18.9 Å². The highest BCUT2D eigenvalue weighted by Gasteiger charge is 2.28. The van der Waals surface area contributed by atoms with Crippen LogP contribution < -0.4 is 5.32 Å². The molecule has 10 heteroatoms. The van der Waals surface area contributed by atoms with Gasteiger partial charge >= 0.3 is 6.18 Å². The average Bonchev–Trinajstić information content (AvgIpc) is 3.01. The number of alkyl halides is 3. The third-order valence-electron chi connectivity index (χ3n) is 3.57. The van der Waals surface area contributed by atoms with Crippen LogP contribution >= 0.6 is 0 Å². The second-order valence-electron chi connectivity index (χ2n) is 5.71. The predicted octanol–water partition coefficient (Wildman–Crippen LogP) is 2.60. The number of aryl methyl sites for hydroxylation is 3. The van der Waals surface area contributed by atoms with Crippen LogP contribution in [-0.4, -0.2) is 36.6 Å². The van der Waals surface area contributed by atoms with E-state index in [4.69, 9.17) is 0 Å². The van der Waals surface area contributed by atoms with Crippen LogP contribution in [0.4, 0.5) is 18.9 Å². The summed E-state index contributed by atoms with van der Waals surface area (Å²) >= 11 is 0. The van der Waals surface area contributed by atoms with E-state index in [0.29, 0.717) is 28.0 Å². The molecule has 0 unspecified atom stereocenters. The lowest BCUT2D eigenvalue weighted by molar-refractivity contribution is -0.142. The van der Waals surface area contributed by atoms with Crippen molar-refractivity contribution in [3.05, 3.63) is 35.4 Å². The van der Waals surface area contributed by atoms with E-state index in [1.807, 2.05) is 0 Å². The van der Waals surface area contributed by atoms with Gasteiger partial charge in [-0.05, 0) is 19.9 Å². The Morgan fingerprint density at radius 1 is 1.32 bits per heavy atom. The molecule has 0 aliphatic rings. The topological polar surface area (TPSA) is 77.6 Å². The van der Waals surface area contributed by atoms with E-state index >= 15 is 0 Å². The van der Waals surface area contributed by atoms with E-state index in [9.17, 15) is 18.0 Å². The number of rotatable bonds is 3. The van der Waals surface area contributed by atoms with Gasteiger partial charge in [-0.2, -0.15) is 23.4 Å². The van der Waals surface area contributed by atoms with Gasteiger partial charge < -0.3 is 5.32 Å². The SMILES string of the molecule is Cc1cc(C(=O)Nc2cnn(CC(F)(F)F)c2)c2c(C)nn(C)c2n1. The van der Waals surface area contributed by atoms with Crippen molar-refractivity contribution in [2.45, 2.75) is 26.6 Å². The number of anilines is 1. The maximum Gasteiger partial charge on any atom is 0.408 e. The van der Waals surface area contributed by atoms with Gasteiger partial charge in [0.15, 0.2) is 5.65 Å². The first-order chi connectivity index (χ1) is 11.6. The van der Waals surface area contributed by atoms with Gasteiger partial charge in [-0.1, -0.05) is 0 Å². The fraction of sp³-hybridized carbons (Fsp3) is 0.333. The van der Waals surface area contributed by atoms with Gasteiger partial charge in [0.05, 0.1) is 28.5 Å². The van der Waals surface area contributed by atoms with Gasteiger partial charge in [-0.25, -0.2) is 4.98 Å². The molecular weight excluding hydrogens is 337 g/mol. The summed E-state index contributed by atoms with van der Waals surface area (Å²) in [6.45, 7) is 2.29. The molecule has 0 fully saturated rings. The summed E-state index contributed by atoms with van der Waals surface area (Å²) in [6.07, 6.45) is -2.08. The molecule has 132 valence electrons. The number of carbonyl (C=O) groups excluding carboxylic acids is 1. The molecule has 0 spiro atoms. The van der Waals surface area contributed by atoms with Crippen molar-refractivity contribution >= 4 is 22.6 Å². The number of pyridine rings is 1. The average molecular weight is 352 g/mol. The quantitative estimate of drug-likeness (QED) is 0.786. The summed E-state index contributed by atoms with van der Waals surface area (Å²) in [6, 6.07) is 1.62. The molecule has 1 N–H and O–H groups in total. The Bertz CT molecular complexity index is 956. The number of carbonyl (C=O) groups is 1. The van der Waals surface area contributed by atoms with Crippen molar-refractivity contribution in [1.29, 1.82) is 0 Å². The zero-order valence-electron chi connectivity index (χ0n) is 13.7. The zero-order valence-corrected chi connectivity index (χ0v) is 13.7. The van der Waals surface area contributed by atoms with Crippen molar-refractivity contribution in [1.82, 2.24) is 24.5 Å². The Morgan fingerprint density at radius 2 is 2.04 bits per heavy atom. The number of nitrogens with one attached hydrogen (secondary N) is 1. The fourth-order valence-corrected chi connectivity index (χ4v) is 2.65. The number of amides is 1. The van der Waals surface area contributed by atoms with Crippen LogP contribution in [0.25, 0.3) is 11.0 Å². The largest absolute Gasteiger partial charge is 0.408 e. The molecular formula is C15H15F3N6O. The molecule has 0 saturated heterocycles. The second kappa shape index (κ2) is 5.87. The Morgan fingerprint density at radius 3 is 2.72 bits per heavy atom. The molecule has 0 radical (unpaired) electrons. The van der Waals surface area contributed by atoms with E-state index in [-0.39, 0.29) is 5.69 Å². The lowest BCUT2D eigenvalue weighted by Crippen LogP contribution is -2.18. The molecule has 1 amide bonds. The number of halogens is 3. The van der Waals surface area contributed by atoms with Crippen LogP contribution in [0.2, 0.25) is 0 Å². The molecule has 3 rings (SSSR count). The van der Waals surface area contributed by atoms with E-state index in [0.717, 1.165) is 10.9 Å². The first kappa shape index (κ1) is 16.9. The lowest BCUT2D eigenvalue weighted by Gasteiger charge is -2.07. The monoisotopic (exact) mass is 352 g/mol. The maximum atomic E-state index is 12.6. The molecule has 25 heavy (non-hydrogen) atoms. The zero-order chi connectivity index (χ0) is 18.4. The molecule has 0 saturated carbocycles. The van der Waals surface area contributed by atoms with E-state index in [1.165, 1.54) is 6.20 Å². The molecule has 0 aliphatic carbocycles. The minimum absolute atomic E-state index is 0.179. The summed E-state index contributed by atoms with van der Waals surface area (Å²) in [7, 11) is 1.73. The standard InChI is InChI=1S/C15H15F3N6O/c1-8-4-11(12-9(2)22-23(3)13(12)20-8)14(25)21-10-5-19-24(6-10)7-15(16,17)18/h4-6H,7H2,1-3H3,(H,21,25). The Balaban J connectivity index is 1.91. The predicted molar refractivity (Wildman–Crippen MR) is 84.2 cm³/mol. The summed E-state index contributed by atoms with van der Waals surface area (Å²) in [5.74, 6) is -0.460. The Labute approximate surface area is 140 Å². The van der Waals surface area contributed by atoms with E-state index in [1.54, 1.807) is 31.6 Å². The van der Waals surface area contributed by atoms with E-state index in [2.05, 4.69) is 20.5 Å². The molecule has 0 atom stereocenters. The lowest BCUT2D eigenvalue weighted by atomic mass is 10.1. The summed E-state index contributed by atoms with van der Waals surface area (Å²) in [4.78, 5) is 17.0. The smallest absolute Gasteiger partial charge is 0.319 e. The number of nitrogens with zero attached hydrogens (tertiary/aromatic N) is 5. The van der Waals surface area contributed by atoms with Crippen LogP contribution in [0.3, 0.4) is 0 Å². The number of fused-ring (bicyclic) bond motifs is 1. The normalized spacial score (nSPS) is 11.9. The van der Waals surface area contributed by atoms with Crippen LogP contribution in [0, 0.1) is 13.8 Å². The van der Waals surface area contributed by atoms with Crippen LogP contribution in [0.5, 0.6) is 0 Å². The van der Waals surface area contributed by atoms with Crippen LogP contribution in [-0.2, 0) is 13.6 Å².